The van der Waals surface area contributed by atoms with Gasteiger partial charge in [0.1, 0.15) is 5.76 Å². The second-order valence-electron chi connectivity index (χ2n) is 6.31. The third-order valence-corrected chi connectivity index (χ3v) is 4.66. The topological polar surface area (TPSA) is 84.4 Å². The molecule has 1 N–H and O–H groups in total. The zero-order valence-corrected chi connectivity index (χ0v) is 14.3. The van der Waals surface area contributed by atoms with E-state index in [9.17, 15) is 4.79 Å². The molecule has 2 aromatic heterocycles. The second kappa shape index (κ2) is 7.53. The molecule has 7 heteroatoms. The van der Waals surface area contributed by atoms with Gasteiger partial charge in [-0.15, -0.1) is 10.2 Å². The van der Waals surface area contributed by atoms with Gasteiger partial charge in [-0.2, -0.15) is 0 Å². The molecule has 1 aromatic carbocycles. The fourth-order valence-electron chi connectivity index (χ4n) is 3.30. The minimum absolute atomic E-state index is 0.0640. The van der Waals surface area contributed by atoms with Crippen molar-refractivity contribution >= 4 is 5.91 Å². The third-order valence-electron chi connectivity index (χ3n) is 4.66. The summed E-state index contributed by atoms with van der Waals surface area (Å²) in [6, 6.07) is 11.0. The van der Waals surface area contributed by atoms with E-state index >= 15 is 0 Å². The zero-order chi connectivity index (χ0) is 17.8. The van der Waals surface area contributed by atoms with E-state index in [0.717, 1.165) is 24.4 Å². The van der Waals surface area contributed by atoms with Crippen molar-refractivity contribution in [2.75, 3.05) is 19.6 Å². The van der Waals surface area contributed by atoms with E-state index in [1.807, 2.05) is 12.1 Å². The molecule has 1 aliphatic rings. The number of carbonyl (C=O) groups is 1. The number of hydrogen-bond donors (Lipinski definition) is 1. The molecule has 0 radical (unpaired) electrons. The van der Waals surface area contributed by atoms with Crippen LogP contribution in [-0.4, -0.2) is 40.6 Å². The molecule has 4 rings (SSSR count). The Morgan fingerprint density at radius 1 is 1.15 bits per heavy atom. The molecule has 1 fully saturated rings. The van der Waals surface area contributed by atoms with Crippen LogP contribution in [0.15, 0.2) is 57.9 Å². The predicted molar refractivity (Wildman–Crippen MR) is 94.3 cm³/mol. The Hall–Kier alpha value is -2.93. The highest BCUT2D eigenvalue weighted by molar-refractivity contribution is 5.94. The van der Waals surface area contributed by atoms with Crippen LogP contribution in [0, 0.1) is 0 Å². The molecule has 3 aromatic rings. The maximum atomic E-state index is 12.5. The number of rotatable bonds is 6. The van der Waals surface area contributed by atoms with E-state index in [1.54, 1.807) is 30.5 Å². The Labute approximate surface area is 151 Å². The molecular formula is C19H20N4O3. The third kappa shape index (κ3) is 3.52. The number of carbonyl (C=O) groups excluding carboxylic acids is 1. The first-order valence-electron chi connectivity index (χ1n) is 8.73. The quantitative estimate of drug-likeness (QED) is 0.734. The monoisotopic (exact) mass is 352 g/mol. The van der Waals surface area contributed by atoms with Gasteiger partial charge in [-0.1, -0.05) is 0 Å². The SMILES string of the molecule is O=C(NCC(c1ccco1)N1CCCC1)c1ccc(-c2nnco2)cc1. The molecule has 0 saturated carbocycles. The molecule has 1 aliphatic heterocycles. The number of amides is 1. The first-order valence-corrected chi connectivity index (χ1v) is 8.73. The van der Waals surface area contributed by atoms with Crippen LogP contribution in [0.4, 0.5) is 0 Å². The van der Waals surface area contributed by atoms with Gasteiger partial charge in [-0.25, -0.2) is 0 Å². The molecule has 0 bridgehead atoms. The van der Waals surface area contributed by atoms with E-state index in [4.69, 9.17) is 8.83 Å². The summed E-state index contributed by atoms with van der Waals surface area (Å²) >= 11 is 0. The van der Waals surface area contributed by atoms with E-state index < -0.39 is 0 Å². The highest BCUT2D eigenvalue weighted by Crippen LogP contribution is 2.25. The van der Waals surface area contributed by atoms with Gasteiger partial charge in [0.05, 0.1) is 12.3 Å². The van der Waals surface area contributed by atoms with Crippen molar-refractivity contribution in [2.24, 2.45) is 0 Å². The molecule has 1 atom stereocenters. The average molecular weight is 352 g/mol. The molecule has 26 heavy (non-hydrogen) atoms. The first-order chi connectivity index (χ1) is 12.8. The summed E-state index contributed by atoms with van der Waals surface area (Å²) in [6.07, 6.45) is 5.32. The van der Waals surface area contributed by atoms with Gasteiger partial charge < -0.3 is 14.2 Å². The minimum atomic E-state index is -0.113. The summed E-state index contributed by atoms with van der Waals surface area (Å²) in [5.41, 5.74) is 1.37. The first kappa shape index (κ1) is 16.5. The Kier molecular flexibility index (Phi) is 4.79. The lowest BCUT2D eigenvalue weighted by atomic mass is 10.1. The van der Waals surface area contributed by atoms with Crippen LogP contribution in [0.3, 0.4) is 0 Å². The lowest BCUT2D eigenvalue weighted by Gasteiger charge is -2.26. The maximum absolute atomic E-state index is 12.5. The molecular weight excluding hydrogens is 332 g/mol. The maximum Gasteiger partial charge on any atom is 0.251 e. The molecule has 1 amide bonds. The second-order valence-corrected chi connectivity index (χ2v) is 6.31. The van der Waals surface area contributed by atoms with E-state index in [1.165, 1.54) is 19.2 Å². The molecule has 0 aliphatic carbocycles. The van der Waals surface area contributed by atoms with Crippen LogP contribution >= 0.6 is 0 Å². The van der Waals surface area contributed by atoms with Crippen LogP contribution in [0.25, 0.3) is 11.5 Å². The number of furan rings is 1. The number of hydrogen-bond acceptors (Lipinski definition) is 6. The van der Waals surface area contributed by atoms with Gasteiger partial charge in [0.2, 0.25) is 12.3 Å². The number of benzene rings is 1. The number of likely N-dealkylation sites (tertiary alicyclic amines) is 1. The van der Waals surface area contributed by atoms with Gasteiger partial charge >= 0.3 is 0 Å². The summed E-state index contributed by atoms with van der Waals surface area (Å²) in [5, 5.41) is 10.5. The van der Waals surface area contributed by atoms with Crippen molar-refractivity contribution < 1.29 is 13.6 Å². The van der Waals surface area contributed by atoms with Crippen molar-refractivity contribution in [2.45, 2.75) is 18.9 Å². The van der Waals surface area contributed by atoms with Crippen LogP contribution in [0.5, 0.6) is 0 Å². The predicted octanol–water partition coefficient (Wildman–Crippen LogP) is 2.90. The van der Waals surface area contributed by atoms with Gasteiger partial charge in [0, 0.05) is 17.7 Å². The number of nitrogens with one attached hydrogen (secondary N) is 1. The van der Waals surface area contributed by atoms with Crippen LogP contribution in [0.2, 0.25) is 0 Å². The molecule has 3 heterocycles. The molecule has 134 valence electrons. The lowest BCUT2D eigenvalue weighted by molar-refractivity contribution is 0.0934. The standard InChI is InChI=1S/C19H20N4O3/c24-18(14-5-7-15(8-6-14)19-22-21-13-26-19)20-12-16(17-4-3-11-25-17)23-9-1-2-10-23/h3-8,11,13,16H,1-2,9-10,12H2,(H,20,24). The normalized spacial score (nSPS) is 15.8. The van der Waals surface area contributed by atoms with Crippen molar-refractivity contribution in [3.8, 4) is 11.5 Å². The lowest BCUT2D eigenvalue weighted by Crippen LogP contribution is -2.36. The van der Waals surface area contributed by atoms with Crippen molar-refractivity contribution in [1.29, 1.82) is 0 Å². The van der Waals surface area contributed by atoms with E-state index in [-0.39, 0.29) is 11.9 Å². The molecule has 7 nitrogen and oxygen atoms in total. The summed E-state index contributed by atoms with van der Waals surface area (Å²) in [4.78, 5) is 14.9. The summed E-state index contributed by atoms with van der Waals surface area (Å²) in [5.74, 6) is 1.21. The van der Waals surface area contributed by atoms with Crippen molar-refractivity contribution in [1.82, 2.24) is 20.4 Å². The summed E-state index contributed by atoms with van der Waals surface area (Å²) < 4.78 is 10.7. The van der Waals surface area contributed by atoms with Gasteiger partial charge in [0.25, 0.3) is 5.91 Å². The van der Waals surface area contributed by atoms with Gasteiger partial charge in [0.15, 0.2) is 0 Å². The fourth-order valence-corrected chi connectivity index (χ4v) is 3.30. The van der Waals surface area contributed by atoms with Gasteiger partial charge in [-0.05, 0) is 62.3 Å². The largest absolute Gasteiger partial charge is 0.468 e. The smallest absolute Gasteiger partial charge is 0.251 e. The van der Waals surface area contributed by atoms with Gasteiger partial charge in [-0.3, -0.25) is 9.69 Å². The molecule has 1 saturated heterocycles. The van der Waals surface area contributed by atoms with Crippen LogP contribution in [0.1, 0.15) is 35.0 Å². The Morgan fingerprint density at radius 2 is 1.96 bits per heavy atom. The highest BCUT2D eigenvalue weighted by Gasteiger charge is 2.26. The van der Waals surface area contributed by atoms with E-state index in [0.29, 0.717) is 18.0 Å². The highest BCUT2D eigenvalue weighted by atomic mass is 16.4. The fraction of sp³-hybridized carbons (Fsp3) is 0.316. The summed E-state index contributed by atoms with van der Waals surface area (Å²) in [7, 11) is 0. The number of nitrogens with zero attached hydrogens (tertiary/aromatic N) is 3. The molecule has 1 unspecified atom stereocenters. The Balaban J connectivity index is 1.42. The average Bonchev–Trinajstić information content (AvgIpc) is 3.45. The summed E-state index contributed by atoms with van der Waals surface area (Å²) in [6.45, 7) is 2.57. The minimum Gasteiger partial charge on any atom is -0.468 e. The zero-order valence-electron chi connectivity index (χ0n) is 14.3. The Bertz CT molecular complexity index is 822. The Morgan fingerprint density at radius 3 is 2.62 bits per heavy atom. The molecule has 0 spiro atoms. The van der Waals surface area contributed by atoms with E-state index in [2.05, 4.69) is 20.4 Å². The van der Waals surface area contributed by atoms with Crippen LogP contribution in [-0.2, 0) is 0 Å². The van der Waals surface area contributed by atoms with Crippen LogP contribution < -0.4 is 5.32 Å². The number of aromatic nitrogens is 2. The van der Waals surface area contributed by atoms with Crippen molar-refractivity contribution in [3.63, 3.8) is 0 Å². The van der Waals surface area contributed by atoms with Crippen molar-refractivity contribution in [3.05, 3.63) is 60.4 Å².